The van der Waals surface area contributed by atoms with Crippen molar-refractivity contribution in [1.29, 1.82) is 0 Å². The first-order valence-electron chi connectivity index (χ1n) is 9.75. The van der Waals surface area contributed by atoms with Crippen molar-refractivity contribution >= 4 is 20.8 Å². The van der Waals surface area contributed by atoms with Gasteiger partial charge in [-0.2, -0.15) is 0 Å². The summed E-state index contributed by atoms with van der Waals surface area (Å²) in [6.45, 7) is 0.810. The molecule has 1 aromatic heterocycles. The zero-order valence-corrected chi connectivity index (χ0v) is 17.3. The van der Waals surface area contributed by atoms with Crippen LogP contribution in [0.3, 0.4) is 0 Å². The lowest BCUT2D eigenvalue weighted by molar-refractivity contribution is 0.0649. The van der Waals surface area contributed by atoms with E-state index in [9.17, 15) is 13.2 Å². The predicted molar refractivity (Wildman–Crippen MR) is 113 cm³/mol. The van der Waals surface area contributed by atoms with Gasteiger partial charge in [0.2, 0.25) is 0 Å². The molecule has 8 heteroatoms. The second-order valence-corrected chi connectivity index (χ2v) is 9.94. The van der Waals surface area contributed by atoms with Crippen LogP contribution in [0.15, 0.2) is 51.7 Å². The van der Waals surface area contributed by atoms with Crippen LogP contribution in [0.1, 0.15) is 12.0 Å². The molecule has 0 spiro atoms. The SMILES string of the molecule is COc1ccc(-c2cc3ccc4c(c3oc2=O)CN([C@@H]2CCS(=O)(=O)C2)CO4)cc1. The molecule has 0 aliphatic carbocycles. The van der Waals surface area contributed by atoms with Crippen molar-refractivity contribution in [1.82, 2.24) is 4.90 Å². The molecule has 0 N–H and O–H groups in total. The molecule has 2 aliphatic rings. The van der Waals surface area contributed by atoms with Crippen LogP contribution in [-0.4, -0.2) is 44.7 Å². The minimum Gasteiger partial charge on any atom is -0.497 e. The summed E-state index contributed by atoms with van der Waals surface area (Å²) in [4.78, 5) is 14.8. The van der Waals surface area contributed by atoms with E-state index in [2.05, 4.69) is 0 Å². The molecule has 1 fully saturated rings. The van der Waals surface area contributed by atoms with Crippen molar-refractivity contribution in [2.45, 2.75) is 19.0 Å². The van der Waals surface area contributed by atoms with Gasteiger partial charge in [-0.05, 0) is 42.3 Å². The van der Waals surface area contributed by atoms with Crippen molar-refractivity contribution in [3.8, 4) is 22.6 Å². The largest absolute Gasteiger partial charge is 0.497 e. The van der Waals surface area contributed by atoms with Crippen LogP contribution < -0.4 is 15.1 Å². The molecule has 0 bridgehead atoms. The first-order valence-corrected chi connectivity index (χ1v) is 11.6. The Morgan fingerprint density at radius 1 is 1.13 bits per heavy atom. The summed E-state index contributed by atoms with van der Waals surface area (Å²) in [7, 11) is -1.40. The van der Waals surface area contributed by atoms with Crippen molar-refractivity contribution in [2.24, 2.45) is 0 Å². The van der Waals surface area contributed by atoms with Gasteiger partial charge in [-0.3, -0.25) is 4.90 Å². The zero-order valence-electron chi connectivity index (χ0n) is 16.5. The molecule has 1 atom stereocenters. The van der Waals surface area contributed by atoms with Gasteiger partial charge in [0.05, 0.1) is 29.7 Å². The van der Waals surface area contributed by atoms with Crippen molar-refractivity contribution < 1.29 is 22.3 Å². The maximum atomic E-state index is 12.8. The minimum absolute atomic E-state index is 0.0799. The lowest BCUT2D eigenvalue weighted by Gasteiger charge is -2.33. The lowest BCUT2D eigenvalue weighted by atomic mass is 10.0. The van der Waals surface area contributed by atoms with E-state index in [4.69, 9.17) is 13.9 Å². The highest BCUT2D eigenvalue weighted by Gasteiger charge is 2.35. The molecule has 0 radical (unpaired) electrons. The second-order valence-electron chi connectivity index (χ2n) is 7.71. The van der Waals surface area contributed by atoms with Crippen LogP contribution in [0, 0.1) is 0 Å². The first-order chi connectivity index (χ1) is 14.4. The summed E-state index contributed by atoms with van der Waals surface area (Å²) in [6.07, 6.45) is 0.595. The Bertz CT molecular complexity index is 1280. The van der Waals surface area contributed by atoms with Gasteiger partial charge in [-0.25, -0.2) is 13.2 Å². The molecule has 0 unspecified atom stereocenters. The first kappa shape index (κ1) is 19.1. The number of hydrogen-bond acceptors (Lipinski definition) is 7. The van der Waals surface area contributed by atoms with E-state index in [-0.39, 0.29) is 17.5 Å². The third-order valence-electron chi connectivity index (χ3n) is 5.84. The number of rotatable bonds is 3. The van der Waals surface area contributed by atoms with Crippen LogP contribution in [0.25, 0.3) is 22.1 Å². The highest BCUT2D eigenvalue weighted by molar-refractivity contribution is 7.91. The summed E-state index contributed by atoms with van der Waals surface area (Å²) in [6, 6.07) is 12.7. The summed E-state index contributed by atoms with van der Waals surface area (Å²) < 4.78 is 40.5. The Kier molecular flexibility index (Phi) is 4.56. The Morgan fingerprint density at radius 3 is 2.63 bits per heavy atom. The molecule has 3 heterocycles. The number of methoxy groups -OCH3 is 1. The fourth-order valence-electron chi connectivity index (χ4n) is 4.18. The van der Waals surface area contributed by atoms with E-state index in [1.54, 1.807) is 19.2 Å². The van der Waals surface area contributed by atoms with Crippen LogP contribution >= 0.6 is 0 Å². The Morgan fingerprint density at radius 2 is 1.93 bits per heavy atom. The molecule has 3 aromatic rings. The fourth-order valence-corrected chi connectivity index (χ4v) is 5.94. The average Bonchev–Trinajstić information content (AvgIpc) is 3.12. The lowest BCUT2D eigenvalue weighted by Crippen LogP contribution is -2.41. The van der Waals surface area contributed by atoms with Gasteiger partial charge in [-0.15, -0.1) is 0 Å². The number of benzene rings is 2. The predicted octanol–water partition coefficient (Wildman–Crippen LogP) is 2.81. The van der Waals surface area contributed by atoms with Gasteiger partial charge in [0.15, 0.2) is 9.84 Å². The van der Waals surface area contributed by atoms with E-state index < -0.39 is 15.5 Å². The van der Waals surface area contributed by atoms with Crippen molar-refractivity contribution in [2.75, 3.05) is 25.3 Å². The zero-order chi connectivity index (χ0) is 20.9. The Balaban J connectivity index is 1.53. The topological polar surface area (TPSA) is 86.0 Å². The number of nitrogens with zero attached hydrogens (tertiary/aromatic N) is 1. The molecule has 2 aliphatic heterocycles. The Hall–Kier alpha value is -2.84. The molecule has 7 nitrogen and oxygen atoms in total. The summed E-state index contributed by atoms with van der Waals surface area (Å²) in [5.41, 5.74) is 2.06. The standard InChI is InChI=1S/C22H21NO6S/c1-27-17-5-2-14(3-6-17)18-10-15-4-7-20-19(21(15)29-22(18)24)11-23(13-28-20)16-8-9-30(25,26)12-16/h2-7,10,16H,8-9,11-13H2,1H3/t16-/m1/s1. The van der Waals surface area contributed by atoms with Gasteiger partial charge < -0.3 is 13.9 Å². The maximum Gasteiger partial charge on any atom is 0.344 e. The van der Waals surface area contributed by atoms with Crippen LogP contribution in [0.5, 0.6) is 11.5 Å². The minimum atomic E-state index is -2.99. The van der Waals surface area contributed by atoms with E-state index in [0.29, 0.717) is 42.3 Å². The molecular weight excluding hydrogens is 406 g/mol. The van der Waals surface area contributed by atoms with Crippen molar-refractivity contribution in [3.05, 3.63) is 58.4 Å². The second kappa shape index (κ2) is 7.14. The van der Waals surface area contributed by atoms with Gasteiger partial charge in [0.1, 0.15) is 23.8 Å². The van der Waals surface area contributed by atoms with Crippen LogP contribution in [-0.2, 0) is 16.4 Å². The molecule has 1 saturated heterocycles. The van der Waals surface area contributed by atoms with E-state index >= 15 is 0 Å². The third kappa shape index (κ3) is 3.36. The normalized spacial score (nSPS) is 20.6. The van der Waals surface area contributed by atoms with Crippen LogP contribution in [0.4, 0.5) is 0 Å². The van der Waals surface area contributed by atoms with Gasteiger partial charge in [0, 0.05) is 18.0 Å². The number of sulfone groups is 1. The molecule has 2 aromatic carbocycles. The molecule has 0 amide bonds. The van der Waals surface area contributed by atoms with Gasteiger partial charge >= 0.3 is 5.63 Å². The summed E-state index contributed by atoms with van der Waals surface area (Å²) >= 11 is 0. The fraction of sp³-hybridized carbons (Fsp3) is 0.318. The third-order valence-corrected chi connectivity index (χ3v) is 7.59. The quantitative estimate of drug-likeness (QED) is 0.594. The molecule has 0 saturated carbocycles. The van der Waals surface area contributed by atoms with E-state index in [1.807, 2.05) is 35.2 Å². The monoisotopic (exact) mass is 427 g/mol. The number of hydrogen-bond donors (Lipinski definition) is 0. The maximum absolute atomic E-state index is 12.8. The van der Waals surface area contributed by atoms with E-state index in [1.165, 1.54) is 0 Å². The molecule has 5 rings (SSSR count). The Labute approximate surface area is 173 Å². The summed E-state index contributed by atoms with van der Waals surface area (Å²) in [5, 5.41) is 0.795. The molecule has 156 valence electrons. The number of fused-ring (bicyclic) bond motifs is 3. The molecule has 30 heavy (non-hydrogen) atoms. The highest BCUT2D eigenvalue weighted by atomic mass is 32.2. The van der Waals surface area contributed by atoms with E-state index in [0.717, 1.165) is 16.5 Å². The van der Waals surface area contributed by atoms with Crippen LogP contribution in [0.2, 0.25) is 0 Å². The number of ether oxygens (including phenoxy) is 2. The van der Waals surface area contributed by atoms with Crippen molar-refractivity contribution in [3.63, 3.8) is 0 Å². The molecular formula is C22H21NO6S. The average molecular weight is 427 g/mol. The summed E-state index contributed by atoms with van der Waals surface area (Å²) in [5.74, 6) is 1.72. The highest BCUT2D eigenvalue weighted by Crippen LogP contribution is 2.35. The smallest absolute Gasteiger partial charge is 0.344 e. The van der Waals surface area contributed by atoms with Gasteiger partial charge in [-0.1, -0.05) is 12.1 Å². The van der Waals surface area contributed by atoms with Gasteiger partial charge in [0.25, 0.3) is 0 Å².